The Morgan fingerprint density at radius 1 is 1.03 bits per heavy atom. The van der Waals surface area contributed by atoms with E-state index in [2.05, 4.69) is 48.2 Å². The van der Waals surface area contributed by atoms with Gasteiger partial charge >= 0.3 is 6.61 Å². The average molecular weight is 523 g/mol. The second kappa shape index (κ2) is 8.61. The fourth-order valence-corrected chi connectivity index (χ4v) is 6.66. The predicted octanol–water partition coefficient (Wildman–Crippen LogP) is 5.89. The zero-order valence-corrected chi connectivity index (χ0v) is 21.9. The summed E-state index contributed by atoms with van der Waals surface area (Å²) in [5, 5.41) is 1.19. The number of hydrogen-bond acceptors (Lipinski definition) is 4. The van der Waals surface area contributed by atoms with Crippen LogP contribution in [0.15, 0.2) is 60.7 Å². The van der Waals surface area contributed by atoms with Crippen LogP contribution in [0.25, 0.3) is 22.2 Å². The molecule has 37 heavy (non-hydrogen) atoms. The smallest absolute Gasteiger partial charge is 0.387 e. The number of fused-ring (bicyclic) bond motifs is 9. The van der Waals surface area contributed by atoms with E-state index >= 15 is 0 Å². The maximum Gasteiger partial charge on any atom is 0.387 e. The van der Waals surface area contributed by atoms with Crippen LogP contribution in [0, 0.1) is 0 Å². The Labute approximate surface area is 214 Å². The molecule has 0 fully saturated rings. The third-order valence-electron chi connectivity index (χ3n) is 7.69. The minimum absolute atomic E-state index is 0.0328. The second-order valence-electron chi connectivity index (χ2n) is 9.90. The zero-order valence-electron chi connectivity index (χ0n) is 21.0. The Kier molecular flexibility index (Phi) is 5.58. The van der Waals surface area contributed by atoms with E-state index in [1.165, 1.54) is 11.4 Å². The van der Waals surface area contributed by atoms with Crippen LogP contribution >= 0.6 is 7.49 Å². The van der Waals surface area contributed by atoms with E-state index in [-0.39, 0.29) is 23.7 Å². The van der Waals surface area contributed by atoms with Crippen LogP contribution in [-0.2, 0) is 4.52 Å². The molecule has 0 radical (unpaired) electrons. The van der Waals surface area contributed by atoms with Gasteiger partial charge in [-0.15, -0.1) is 0 Å². The number of aromatic nitrogens is 2. The predicted molar refractivity (Wildman–Crippen MR) is 141 cm³/mol. The third kappa shape index (κ3) is 3.73. The highest BCUT2D eigenvalue weighted by atomic mass is 31.2. The minimum Gasteiger partial charge on any atom is -0.434 e. The molecule has 1 aromatic heterocycles. The van der Waals surface area contributed by atoms with Crippen LogP contribution in [-0.4, -0.2) is 54.5 Å². The van der Waals surface area contributed by atoms with Gasteiger partial charge in [0, 0.05) is 24.6 Å². The molecule has 0 saturated heterocycles. The van der Waals surface area contributed by atoms with Gasteiger partial charge in [-0.05, 0) is 47.5 Å². The van der Waals surface area contributed by atoms with Crippen molar-refractivity contribution in [1.82, 2.24) is 14.5 Å². The van der Waals surface area contributed by atoms with Crippen LogP contribution in [0.3, 0.4) is 0 Å². The molecular weight excluding hydrogens is 495 g/mol. The largest absolute Gasteiger partial charge is 0.434 e. The Balaban J connectivity index is 1.50. The van der Waals surface area contributed by atoms with E-state index in [0.717, 1.165) is 28.0 Å². The summed E-state index contributed by atoms with van der Waals surface area (Å²) >= 11 is 0. The monoisotopic (exact) mass is 522 g/mol. The van der Waals surface area contributed by atoms with E-state index in [1.807, 2.05) is 12.1 Å². The number of amides is 1. The summed E-state index contributed by atoms with van der Waals surface area (Å²) in [5.74, 6) is 0.570. The second-order valence-corrected chi connectivity index (χ2v) is 13.5. The number of nitrogens with zero attached hydrogens (tertiary/aromatic N) is 3. The number of alkyl halides is 2. The highest BCUT2D eigenvalue weighted by molar-refractivity contribution is 7.77. The summed E-state index contributed by atoms with van der Waals surface area (Å²) in [5.41, 5.74) is 4.65. The maximum atomic E-state index is 13.3. The molecule has 3 aromatic carbocycles. The lowest BCUT2D eigenvalue weighted by Crippen LogP contribution is -2.30. The molecule has 3 heterocycles. The quantitative estimate of drug-likeness (QED) is 0.307. The van der Waals surface area contributed by atoms with Crippen LogP contribution in [0.1, 0.15) is 40.3 Å². The molecular formula is C28H27F2N3O3P+. The molecule has 1 amide bonds. The molecule has 0 saturated carbocycles. The number of hydrogen-bond donors (Lipinski definition) is 0. The van der Waals surface area contributed by atoms with E-state index in [0.29, 0.717) is 17.5 Å². The van der Waals surface area contributed by atoms with Crippen molar-refractivity contribution in [3.8, 4) is 16.9 Å². The highest BCUT2D eigenvalue weighted by Gasteiger charge is 2.45. The average Bonchev–Trinajstić information content (AvgIpc) is 3.41. The summed E-state index contributed by atoms with van der Waals surface area (Å²) in [6.45, 7) is 1.28. The Bertz CT molecular complexity index is 1530. The first-order valence-corrected chi connectivity index (χ1v) is 14.7. The number of carbonyl (C=O) groups excluding carboxylic acids is 1. The molecule has 6 nitrogen and oxygen atoms in total. The molecule has 2 atom stereocenters. The van der Waals surface area contributed by atoms with Gasteiger partial charge in [0.25, 0.3) is 5.91 Å². The third-order valence-corrected chi connectivity index (χ3v) is 10.1. The lowest BCUT2D eigenvalue weighted by atomic mass is 9.97. The molecule has 0 spiro atoms. The minimum atomic E-state index is -2.99. The van der Waals surface area contributed by atoms with Gasteiger partial charge in [0.1, 0.15) is 16.9 Å². The number of benzene rings is 3. The SMILES string of the molecule is CO[P+](C)(C)c1ccc(-c2ccc3nc4n(c3c2)C2CC4N(C)C(=O)c3cccc(OC(F)F)c32)cc1. The van der Waals surface area contributed by atoms with Crippen molar-refractivity contribution in [3.05, 3.63) is 77.6 Å². The number of halogens is 2. The van der Waals surface area contributed by atoms with Gasteiger partial charge < -0.3 is 14.2 Å². The lowest BCUT2D eigenvalue weighted by molar-refractivity contribution is -0.0507. The molecule has 190 valence electrons. The van der Waals surface area contributed by atoms with Crippen molar-refractivity contribution in [3.63, 3.8) is 0 Å². The standard InChI is InChI=1S/C28H27F2N3O3P/c1-32-23-15-22(25-19(27(32)34)6-5-7-24(25)36-28(29)30)33-21-14-17(10-13-20(21)31-26(23)33)16-8-11-18(12-9-16)37(3,4)35-2/h5-14,22-23,28H,15H2,1-4H3/q+1. The van der Waals surface area contributed by atoms with E-state index in [1.54, 1.807) is 31.2 Å². The number of carbonyl (C=O) groups is 1. The van der Waals surface area contributed by atoms with Crippen LogP contribution in [0.4, 0.5) is 8.78 Å². The Hall–Kier alpha value is -3.35. The maximum absolute atomic E-state index is 13.3. The van der Waals surface area contributed by atoms with Crippen molar-refractivity contribution >= 4 is 29.7 Å². The van der Waals surface area contributed by atoms with E-state index < -0.39 is 14.1 Å². The molecule has 2 unspecified atom stereocenters. The van der Waals surface area contributed by atoms with Gasteiger partial charge in [-0.3, -0.25) is 4.79 Å². The number of rotatable bonds is 5. The zero-order chi connectivity index (χ0) is 26.1. The van der Waals surface area contributed by atoms with Gasteiger partial charge in [-0.25, -0.2) is 9.51 Å². The Morgan fingerprint density at radius 2 is 1.76 bits per heavy atom. The molecule has 6 rings (SSSR count). The van der Waals surface area contributed by atoms with Gasteiger partial charge in [-0.2, -0.15) is 8.78 Å². The normalized spacial score (nSPS) is 18.8. The summed E-state index contributed by atoms with van der Waals surface area (Å²) < 4.78 is 39.3. The van der Waals surface area contributed by atoms with Gasteiger partial charge in [-0.1, -0.05) is 24.3 Å². The van der Waals surface area contributed by atoms with E-state index in [9.17, 15) is 13.6 Å². The highest BCUT2D eigenvalue weighted by Crippen LogP contribution is 2.51. The summed E-state index contributed by atoms with van der Waals surface area (Å²) in [6.07, 6.45) is 0.547. The van der Waals surface area contributed by atoms with Gasteiger partial charge in [0.05, 0.1) is 43.6 Å². The van der Waals surface area contributed by atoms with Crippen molar-refractivity contribution in [2.45, 2.75) is 25.1 Å². The first-order chi connectivity index (χ1) is 17.7. The van der Waals surface area contributed by atoms with Crippen LogP contribution in [0.2, 0.25) is 0 Å². The summed E-state index contributed by atoms with van der Waals surface area (Å²) in [7, 11) is 1.87. The number of ether oxygens (including phenoxy) is 1. The molecule has 0 N–H and O–H groups in total. The molecule has 9 heteroatoms. The van der Waals surface area contributed by atoms with Crippen molar-refractivity contribution in [2.75, 3.05) is 27.5 Å². The molecule has 0 aliphatic carbocycles. The summed E-state index contributed by atoms with van der Waals surface area (Å²) in [4.78, 5) is 19.8. The fourth-order valence-electron chi connectivity index (χ4n) is 5.58. The first-order valence-electron chi connectivity index (χ1n) is 12.1. The number of imidazole rings is 1. The lowest BCUT2D eigenvalue weighted by Gasteiger charge is -2.24. The topological polar surface area (TPSA) is 56.6 Å². The van der Waals surface area contributed by atoms with Gasteiger partial charge in [0.2, 0.25) is 0 Å². The Morgan fingerprint density at radius 3 is 2.46 bits per heavy atom. The van der Waals surface area contributed by atoms with Crippen LogP contribution in [0.5, 0.6) is 5.75 Å². The molecule has 2 bridgehead atoms. The van der Waals surface area contributed by atoms with Crippen molar-refractivity contribution < 1.29 is 22.8 Å². The fraction of sp³-hybridized carbons (Fsp3) is 0.286. The molecule has 2 aliphatic rings. The van der Waals surface area contributed by atoms with Crippen LogP contribution < -0.4 is 10.0 Å². The molecule has 2 aliphatic heterocycles. The van der Waals surface area contributed by atoms with E-state index in [4.69, 9.17) is 14.2 Å². The summed E-state index contributed by atoms with van der Waals surface area (Å²) in [6, 6.07) is 18.7. The van der Waals surface area contributed by atoms with Gasteiger partial charge in [0.15, 0.2) is 7.49 Å². The van der Waals surface area contributed by atoms with Crippen molar-refractivity contribution in [2.24, 2.45) is 0 Å². The van der Waals surface area contributed by atoms with Crippen molar-refractivity contribution in [1.29, 1.82) is 0 Å². The molecule has 4 aromatic rings. The first kappa shape index (κ1) is 24.0.